The Morgan fingerprint density at radius 2 is 2.33 bits per heavy atom. The second-order valence-electron chi connectivity index (χ2n) is 3.87. The number of thioether (sulfide) groups is 2. The fourth-order valence-corrected chi connectivity index (χ4v) is 4.28. The third-order valence-electron chi connectivity index (χ3n) is 2.84. The van der Waals surface area contributed by atoms with Crippen LogP contribution in [0.3, 0.4) is 0 Å². The number of rotatable bonds is 1. The summed E-state index contributed by atoms with van der Waals surface area (Å²) >= 11 is 3.69. The molecule has 2 aliphatic rings. The average Bonchev–Trinajstić information content (AvgIpc) is 2.88. The Hall–Kier alpha value is -0.420. The molecule has 0 amide bonds. The smallest absolute Gasteiger partial charge is 0.255 e. The van der Waals surface area contributed by atoms with Crippen molar-refractivity contribution in [1.82, 2.24) is 9.97 Å². The van der Waals surface area contributed by atoms with Gasteiger partial charge in [-0.1, -0.05) is 0 Å². The van der Waals surface area contributed by atoms with Crippen LogP contribution < -0.4 is 5.56 Å². The number of nitrogens with one attached hydrogen (secondary N) is 1. The van der Waals surface area contributed by atoms with Crippen LogP contribution in [-0.2, 0) is 11.5 Å². The van der Waals surface area contributed by atoms with Gasteiger partial charge >= 0.3 is 0 Å². The van der Waals surface area contributed by atoms with Crippen molar-refractivity contribution in [1.29, 1.82) is 0 Å². The Labute approximate surface area is 96.5 Å². The fraction of sp³-hybridized carbons (Fsp3) is 0.600. The van der Waals surface area contributed by atoms with Crippen LogP contribution >= 0.6 is 23.5 Å². The van der Waals surface area contributed by atoms with Crippen LogP contribution in [0.2, 0.25) is 0 Å². The summed E-state index contributed by atoms with van der Waals surface area (Å²) in [6, 6.07) is 0. The van der Waals surface area contributed by atoms with Gasteiger partial charge in [-0.3, -0.25) is 4.79 Å². The first kappa shape index (κ1) is 9.78. The van der Waals surface area contributed by atoms with E-state index >= 15 is 0 Å². The van der Waals surface area contributed by atoms with Crippen LogP contribution in [-0.4, -0.2) is 15.7 Å². The van der Waals surface area contributed by atoms with Crippen molar-refractivity contribution in [3.8, 4) is 0 Å². The zero-order chi connectivity index (χ0) is 10.3. The number of nitrogens with zero attached hydrogens (tertiary/aromatic N) is 1. The van der Waals surface area contributed by atoms with Crippen LogP contribution in [0.15, 0.2) is 4.79 Å². The highest BCUT2D eigenvalue weighted by molar-refractivity contribution is 7.99. The van der Waals surface area contributed by atoms with Gasteiger partial charge in [0.1, 0.15) is 5.82 Å². The lowest BCUT2D eigenvalue weighted by Crippen LogP contribution is -2.17. The predicted octanol–water partition coefficient (Wildman–Crippen LogP) is 2.08. The summed E-state index contributed by atoms with van der Waals surface area (Å²) in [4.78, 5) is 19.3. The fourth-order valence-electron chi connectivity index (χ4n) is 2.03. The molecule has 0 spiro atoms. The highest BCUT2D eigenvalue weighted by atomic mass is 32.2. The number of aromatic amines is 1. The molecular formula is C10H12N2OS2. The first-order valence-corrected chi connectivity index (χ1v) is 7.36. The van der Waals surface area contributed by atoms with Crippen molar-refractivity contribution in [2.75, 3.05) is 5.75 Å². The van der Waals surface area contributed by atoms with Crippen molar-refractivity contribution in [2.24, 2.45) is 0 Å². The van der Waals surface area contributed by atoms with Gasteiger partial charge in [0, 0.05) is 17.1 Å². The van der Waals surface area contributed by atoms with Gasteiger partial charge < -0.3 is 4.98 Å². The number of H-pyrrole nitrogens is 1. The van der Waals surface area contributed by atoms with E-state index in [0.29, 0.717) is 5.25 Å². The molecule has 1 aromatic heterocycles. The molecule has 0 radical (unpaired) electrons. The molecule has 3 nitrogen and oxygen atoms in total. The maximum Gasteiger partial charge on any atom is 0.255 e. The van der Waals surface area contributed by atoms with Gasteiger partial charge in [-0.2, -0.15) is 23.5 Å². The van der Waals surface area contributed by atoms with Crippen molar-refractivity contribution >= 4 is 23.5 Å². The van der Waals surface area contributed by atoms with Gasteiger partial charge in [-0.25, -0.2) is 4.98 Å². The van der Waals surface area contributed by atoms with Gasteiger partial charge in [-0.15, -0.1) is 0 Å². The molecule has 1 N–H and O–H groups in total. The third kappa shape index (κ3) is 1.72. The van der Waals surface area contributed by atoms with E-state index in [-0.39, 0.29) is 5.56 Å². The number of aromatic nitrogens is 2. The molecule has 80 valence electrons. The lowest BCUT2D eigenvalue weighted by molar-refractivity contribution is 0.762. The molecule has 0 aromatic carbocycles. The van der Waals surface area contributed by atoms with Gasteiger partial charge in [0.25, 0.3) is 5.56 Å². The Kier molecular flexibility index (Phi) is 2.52. The van der Waals surface area contributed by atoms with Gasteiger partial charge in [-0.05, 0) is 18.6 Å². The largest absolute Gasteiger partial charge is 0.309 e. The van der Waals surface area contributed by atoms with Crippen molar-refractivity contribution in [3.05, 3.63) is 27.4 Å². The predicted molar refractivity (Wildman–Crippen MR) is 64.3 cm³/mol. The van der Waals surface area contributed by atoms with E-state index in [9.17, 15) is 4.79 Å². The SMILES string of the molecule is O=c1[nH]c(C2CCCS2)nc2c1CSC2. The highest BCUT2D eigenvalue weighted by Gasteiger charge is 2.23. The van der Waals surface area contributed by atoms with E-state index in [1.54, 1.807) is 11.8 Å². The lowest BCUT2D eigenvalue weighted by Gasteiger charge is -2.08. The summed E-state index contributed by atoms with van der Waals surface area (Å²) in [7, 11) is 0. The van der Waals surface area contributed by atoms with Crippen LogP contribution in [0, 0.1) is 0 Å². The molecule has 1 saturated heterocycles. The zero-order valence-electron chi connectivity index (χ0n) is 8.28. The molecule has 3 heterocycles. The Balaban J connectivity index is 2.03. The van der Waals surface area contributed by atoms with Crippen LogP contribution in [0.1, 0.15) is 35.2 Å². The number of fused-ring (bicyclic) bond motifs is 1. The molecule has 2 aliphatic heterocycles. The highest BCUT2D eigenvalue weighted by Crippen LogP contribution is 2.38. The second-order valence-corrected chi connectivity index (χ2v) is 6.17. The maximum atomic E-state index is 11.8. The van der Waals surface area contributed by atoms with Crippen LogP contribution in [0.5, 0.6) is 0 Å². The first-order valence-electron chi connectivity index (χ1n) is 5.16. The Bertz CT molecular complexity index is 438. The third-order valence-corrected chi connectivity index (χ3v) is 5.20. The van der Waals surface area contributed by atoms with E-state index in [1.165, 1.54) is 12.2 Å². The number of hydrogen-bond donors (Lipinski definition) is 1. The van der Waals surface area contributed by atoms with Gasteiger partial charge in [0.05, 0.1) is 10.9 Å². The van der Waals surface area contributed by atoms with Crippen molar-refractivity contribution in [2.45, 2.75) is 29.6 Å². The molecule has 3 rings (SSSR count). The van der Waals surface area contributed by atoms with Gasteiger partial charge in [0.2, 0.25) is 0 Å². The summed E-state index contributed by atoms with van der Waals surface area (Å²) in [5.74, 6) is 3.84. The molecule has 15 heavy (non-hydrogen) atoms. The van der Waals surface area contributed by atoms with Crippen LogP contribution in [0.25, 0.3) is 0 Å². The summed E-state index contributed by atoms with van der Waals surface area (Å²) in [5.41, 5.74) is 2.01. The minimum atomic E-state index is 0.0903. The van der Waals surface area contributed by atoms with Crippen molar-refractivity contribution in [3.63, 3.8) is 0 Å². The van der Waals surface area contributed by atoms with Crippen LogP contribution in [0.4, 0.5) is 0 Å². The monoisotopic (exact) mass is 240 g/mol. The molecule has 1 fully saturated rings. The second kappa shape index (κ2) is 3.87. The maximum absolute atomic E-state index is 11.8. The standard InChI is InChI=1S/C10H12N2OS2/c13-10-6-4-14-5-7(6)11-9(12-10)8-2-1-3-15-8/h8H,1-5H2,(H,11,12,13). The molecule has 1 aromatic rings. The molecular weight excluding hydrogens is 228 g/mol. The van der Waals surface area contributed by atoms with E-state index < -0.39 is 0 Å². The Morgan fingerprint density at radius 3 is 3.13 bits per heavy atom. The van der Waals surface area contributed by atoms with E-state index in [0.717, 1.165) is 35.0 Å². The molecule has 1 atom stereocenters. The lowest BCUT2D eigenvalue weighted by atomic mass is 10.2. The topological polar surface area (TPSA) is 45.8 Å². The van der Waals surface area contributed by atoms with E-state index in [4.69, 9.17) is 0 Å². The summed E-state index contributed by atoms with van der Waals surface area (Å²) in [5, 5.41) is 0.425. The molecule has 0 bridgehead atoms. The summed E-state index contributed by atoms with van der Waals surface area (Å²) < 4.78 is 0. The average molecular weight is 240 g/mol. The minimum absolute atomic E-state index is 0.0903. The summed E-state index contributed by atoms with van der Waals surface area (Å²) in [6.45, 7) is 0. The summed E-state index contributed by atoms with van der Waals surface area (Å²) in [6.07, 6.45) is 2.39. The first-order chi connectivity index (χ1) is 7.34. The normalized spacial score (nSPS) is 24.4. The van der Waals surface area contributed by atoms with E-state index in [2.05, 4.69) is 9.97 Å². The minimum Gasteiger partial charge on any atom is -0.309 e. The molecule has 5 heteroatoms. The Morgan fingerprint density at radius 1 is 1.40 bits per heavy atom. The zero-order valence-corrected chi connectivity index (χ0v) is 9.92. The van der Waals surface area contributed by atoms with Crippen molar-refractivity contribution < 1.29 is 0 Å². The molecule has 0 saturated carbocycles. The van der Waals surface area contributed by atoms with E-state index in [1.807, 2.05) is 11.8 Å². The molecule has 0 aliphatic carbocycles. The number of hydrogen-bond acceptors (Lipinski definition) is 4. The molecule has 1 unspecified atom stereocenters. The van der Waals surface area contributed by atoms with Gasteiger partial charge in [0.15, 0.2) is 0 Å². The quantitative estimate of drug-likeness (QED) is 0.816.